The fraction of sp³-hybridized carbons (Fsp3) is 0.250. The number of rotatable bonds is 7. The number of carbonyl (C=O) groups is 1. The third-order valence-electron chi connectivity index (χ3n) is 4.01. The summed E-state index contributed by atoms with van der Waals surface area (Å²) in [5, 5.41) is 6.74. The molecule has 0 aliphatic carbocycles. The standard InChI is InChI=1S/C20H21FN4O3/c1-3-27-17-7-5-4-6-16(17)22-20(26)25(2)13-12-18-23-19(28-24-18)14-8-10-15(21)11-9-14/h4-11H,3,12-13H2,1-2H3,(H,22,26). The molecule has 7 nitrogen and oxygen atoms in total. The van der Waals surface area contributed by atoms with Gasteiger partial charge in [0, 0.05) is 25.6 Å². The smallest absolute Gasteiger partial charge is 0.321 e. The van der Waals surface area contributed by atoms with Crippen LogP contribution < -0.4 is 10.1 Å². The molecule has 0 aliphatic rings. The molecule has 2 aromatic carbocycles. The SMILES string of the molecule is CCOc1ccccc1NC(=O)N(C)CCc1noc(-c2ccc(F)cc2)n1. The van der Waals surface area contributed by atoms with E-state index in [1.165, 1.54) is 17.0 Å². The number of aromatic nitrogens is 2. The summed E-state index contributed by atoms with van der Waals surface area (Å²) in [6.45, 7) is 2.79. The molecule has 0 atom stereocenters. The topological polar surface area (TPSA) is 80.5 Å². The average molecular weight is 384 g/mol. The highest BCUT2D eigenvalue weighted by Gasteiger charge is 2.14. The summed E-state index contributed by atoms with van der Waals surface area (Å²) >= 11 is 0. The molecule has 0 saturated carbocycles. The van der Waals surface area contributed by atoms with E-state index in [1.54, 1.807) is 31.3 Å². The maximum Gasteiger partial charge on any atom is 0.321 e. The molecule has 1 aromatic heterocycles. The van der Waals surface area contributed by atoms with Crippen molar-refractivity contribution in [1.82, 2.24) is 15.0 Å². The van der Waals surface area contributed by atoms with Crippen LogP contribution >= 0.6 is 0 Å². The van der Waals surface area contributed by atoms with Gasteiger partial charge in [-0.15, -0.1) is 0 Å². The van der Waals surface area contributed by atoms with Crippen molar-refractivity contribution >= 4 is 11.7 Å². The Labute approximate surface area is 162 Å². The lowest BCUT2D eigenvalue weighted by Gasteiger charge is -2.18. The highest BCUT2D eigenvalue weighted by atomic mass is 19.1. The van der Waals surface area contributed by atoms with Gasteiger partial charge in [0.1, 0.15) is 11.6 Å². The first-order valence-corrected chi connectivity index (χ1v) is 8.89. The second kappa shape index (κ2) is 8.98. The number of urea groups is 1. The van der Waals surface area contributed by atoms with Gasteiger partial charge < -0.3 is 19.5 Å². The summed E-state index contributed by atoms with van der Waals surface area (Å²) < 4.78 is 23.7. The highest BCUT2D eigenvalue weighted by molar-refractivity contribution is 5.90. The summed E-state index contributed by atoms with van der Waals surface area (Å²) in [5.41, 5.74) is 1.25. The number of carbonyl (C=O) groups excluding carboxylic acids is 1. The number of para-hydroxylation sites is 2. The van der Waals surface area contributed by atoms with Gasteiger partial charge in [0.2, 0.25) is 0 Å². The van der Waals surface area contributed by atoms with Crippen LogP contribution in [-0.4, -0.2) is 41.3 Å². The van der Waals surface area contributed by atoms with Gasteiger partial charge in [-0.2, -0.15) is 4.98 Å². The lowest BCUT2D eigenvalue weighted by atomic mass is 10.2. The minimum Gasteiger partial charge on any atom is -0.492 e. The van der Waals surface area contributed by atoms with E-state index in [-0.39, 0.29) is 11.8 Å². The van der Waals surface area contributed by atoms with E-state index >= 15 is 0 Å². The fourth-order valence-corrected chi connectivity index (χ4v) is 2.50. The fourth-order valence-electron chi connectivity index (χ4n) is 2.50. The van der Waals surface area contributed by atoms with Crippen LogP contribution in [0.2, 0.25) is 0 Å². The van der Waals surface area contributed by atoms with Gasteiger partial charge in [-0.25, -0.2) is 9.18 Å². The van der Waals surface area contributed by atoms with Crippen LogP contribution in [0.3, 0.4) is 0 Å². The van der Waals surface area contributed by atoms with E-state index in [1.807, 2.05) is 19.1 Å². The molecular formula is C20H21FN4O3. The van der Waals surface area contributed by atoms with Crippen LogP contribution in [0.15, 0.2) is 53.1 Å². The predicted octanol–water partition coefficient (Wildman–Crippen LogP) is 3.98. The molecule has 3 aromatic rings. The van der Waals surface area contributed by atoms with E-state index in [0.29, 0.717) is 48.3 Å². The summed E-state index contributed by atoms with van der Waals surface area (Å²) in [6, 6.07) is 12.8. The molecule has 3 rings (SSSR count). The molecule has 28 heavy (non-hydrogen) atoms. The van der Waals surface area contributed by atoms with Crippen molar-refractivity contribution in [1.29, 1.82) is 0 Å². The molecule has 0 fully saturated rings. The van der Waals surface area contributed by atoms with Crippen molar-refractivity contribution in [3.8, 4) is 17.2 Å². The van der Waals surface area contributed by atoms with Crippen LogP contribution in [0.1, 0.15) is 12.7 Å². The van der Waals surface area contributed by atoms with Crippen LogP contribution in [0.4, 0.5) is 14.9 Å². The molecule has 0 aliphatic heterocycles. The molecule has 0 unspecified atom stereocenters. The molecule has 2 amide bonds. The number of nitrogens with zero attached hydrogens (tertiary/aromatic N) is 3. The van der Waals surface area contributed by atoms with E-state index in [0.717, 1.165) is 0 Å². The third-order valence-corrected chi connectivity index (χ3v) is 4.01. The molecule has 0 saturated heterocycles. The Kier molecular flexibility index (Phi) is 6.21. The number of halogens is 1. The summed E-state index contributed by atoms with van der Waals surface area (Å²) in [6.07, 6.45) is 0.418. The number of benzene rings is 2. The number of likely N-dealkylation sites (N-methyl/N-ethyl adjacent to an activating group) is 1. The maximum atomic E-state index is 13.0. The highest BCUT2D eigenvalue weighted by Crippen LogP contribution is 2.24. The number of nitrogens with one attached hydrogen (secondary N) is 1. The van der Waals surface area contributed by atoms with Crippen molar-refractivity contribution in [2.45, 2.75) is 13.3 Å². The molecule has 8 heteroatoms. The quantitative estimate of drug-likeness (QED) is 0.666. The van der Waals surface area contributed by atoms with Gasteiger partial charge in [-0.3, -0.25) is 0 Å². The van der Waals surface area contributed by atoms with Crippen LogP contribution in [0, 0.1) is 5.82 Å². The summed E-state index contributed by atoms with van der Waals surface area (Å²) in [7, 11) is 1.68. The number of hydrogen-bond acceptors (Lipinski definition) is 5. The zero-order chi connectivity index (χ0) is 19.9. The minimum absolute atomic E-state index is 0.269. The average Bonchev–Trinajstić information content (AvgIpc) is 3.17. The Hall–Kier alpha value is -3.42. The van der Waals surface area contributed by atoms with E-state index in [9.17, 15) is 9.18 Å². The van der Waals surface area contributed by atoms with Crippen molar-refractivity contribution in [2.24, 2.45) is 0 Å². The normalized spacial score (nSPS) is 10.5. The maximum absolute atomic E-state index is 13.0. The molecular weight excluding hydrogens is 363 g/mol. The Morgan fingerprint density at radius 3 is 2.71 bits per heavy atom. The van der Waals surface area contributed by atoms with Gasteiger partial charge in [0.25, 0.3) is 5.89 Å². The molecule has 0 bridgehead atoms. The second-order valence-electron chi connectivity index (χ2n) is 6.05. The molecule has 1 heterocycles. The van der Waals surface area contributed by atoms with Crippen molar-refractivity contribution < 1.29 is 18.4 Å². The van der Waals surface area contributed by atoms with E-state index < -0.39 is 0 Å². The van der Waals surface area contributed by atoms with Crippen LogP contribution in [0.5, 0.6) is 5.75 Å². The number of amides is 2. The van der Waals surface area contributed by atoms with E-state index in [4.69, 9.17) is 9.26 Å². The summed E-state index contributed by atoms with van der Waals surface area (Å²) in [5.74, 6) is 1.07. The second-order valence-corrected chi connectivity index (χ2v) is 6.05. The van der Waals surface area contributed by atoms with Gasteiger partial charge in [-0.05, 0) is 43.3 Å². The number of anilines is 1. The number of hydrogen-bond donors (Lipinski definition) is 1. The number of ether oxygens (including phenoxy) is 1. The predicted molar refractivity (Wildman–Crippen MR) is 103 cm³/mol. The first-order chi connectivity index (χ1) is 13.6. The third kappa shape index (κ3) is 4.85. The lowest BCUT2D eigenvalue weighted by Crippen LogP contribution is -2.33. The largest absolute Gasteiger partial charge is 0.492 e. The summed E-state index contributed by atoms with van der Waals surface area (Å²) in [4.78, 5) is 18.2. The molecule has 146 valence electrons. The Bertz CT molecular complexity index is 927. The van der Waals surface area contributed by atoms with Gasteiger partial charge in [0.15, 0.2) is 5.82 Å². The molecule has 0 radical (unpaired) electrons. The first kappa shape index (κ1) is 19.3. The van der Waals surface area contributed by atoms with Crippen molar-refractivity contribution in [3.05, 3.63) is 60.2 Å². The lowest BCUT2D eigenvalue weighted by molar-refractivity contribution is 0.222. The zero-order valence-electron chi connectivity index (χ0n) is 15.7. The van der Waals surface area contributed by atoms with Crippen LogP contribution in [-0.2, 0) is 6.42 Å². The monoisotopic (exact) mass is 384 g/mol. The molecule has 0 spiro atoms. The Morgan fingerprint density at radius 2 is 1.96 bits per heavy atom. The van der Waals surface area contributed by atoms with E-state index in [2.05, 4.69) is 15.5 Å². The van der Waals surface area contributed by atoms with Gasteiger partial charge >= 0.3 is 6.03 Å². The van der Waals surface area contributed by atoms with Gasteiger partial charge in [-0.1, -0.05) is 17.3 Å². The van der Waals surface area contributed by atoms with Crippen LogP contribution in [0.25, 0.3) is 11.5 Å². The zero-order valence-corrected chi connectivity index (χ0v) is 15.7. The molecule has 1 N–H and O–H groups in total. The Morgan fingerprint density at radius 1 is 1.21 bits per heavy atom. The first-order valence-electron chi connectivity index (χ1n) is 8.89. The van der Waals surface area contributed by atoms with Crippen molar-refractivity contribution in [3.63, 3.8) is 0 Å². The Balaban J connectivity index is 1.56. The minimum atomic E-state index is -0.331. The van der Waals surface area contributed by atoms with Crippen molar-refractivity contribution in [2.75, 3.05) is 25.5 Å². The van der Waals surface area contributed by atoms with Gasteiger partial charge in [0.05, 0.1) is 12.3 Å².